The van der Waals surface area contributed by atoms with Gasteiger partial charge in [-0.05, 0) is 29.8 Å². The molecule has 5 nitrogen and oxygen atoms in total. The molecule has 0 aliphatic heterocycles. The Morgan fingerprint density at radius 1 is 1.12 bits per heavy atom. The first-order valence-electron chi connectivity index (χ1n) is 7.30. The number of benzene rings is 2. The second-order valence-electron chi connectivity index (χ2n) is 5.49. The Morgan fingerprint density at radius 3 is 2.25 bits per heavy atom. The number of rotatable bonds is 6. The van der Waals surface area contributed by atoms with E-state index in [9.17, 15) is 13.2 Å². The van der Waals surface area contributed by atoms with Gasteiger partial charge in [-0.25, -0.2) is 13.1 Å². The molecule has 7 heteroatoms. The van der Waals surface area contributed by atoms with Gasteiger partial charge < -0.3 is 4.90 Å². The summed E-state index contributed by atoms with van der Waals surface area (Å²) in [6, 6.07) is 15.3. The summed E-state index contributed by atoms with van der Waals surface area (Å²) in [5.74, 6) is -0.197. The maximum Gasteiger partial charge on any atom is 0.228 e. The number of para-hydroxylation sites is 1. The third kappa shape index (κ3) is 5.33. The zero-order valence-electron chi connectivity index (χ0n) is 13.4. The number of anilines is 1. The van der Waals surface area contributed by atoms with Crippen molar-refractivity contribution in [3.8, 4) is 0 Å². The second-order valence-corrected chi connectivity index (χ2v) is 7.70. The van der Waals surface area contributed by atoms with Gasteiger partial charge in [-0.3, -0.25) is 4.79 Å². The Kier molecular flexibility index (Phi) is 5.99. The average molecular weight is 367 g/mol. The van der Waals surface area contributed by atoms with Gasteiger partial charge in [0, 0.05) is 24.2 Å². The van der Waals surface area contributed by atoms with Gasteiger partial charge in [0.05, 0.1) is 12.3 Å². The van der Waals surface area contributed by atoms with Gasteiger partial charge in [0.1, 0.15) is 0 Å². The van der Waals surface area contributed by atoms with Crippen LogP contribution in [0.4, 0.5) is 5.69 Å². The highest BCUT2D eigenvalue weighted by atomic mass is 35.5. The molecule has 1 atom stereocenters. The molecule has 0 heterocycles. The van der Waals surface area contributed by atoms with E-state index in [0.29, 0.717) is 10.6 Å². The topological polar surface area (TPSA) is 66.5 Å². The van der Waals surface area contributed by atoms with E-state index in [2.05, 4.69) is 4.72 Å². The molecular formula is C17H19ClN2O3S. The molecule has 2 aromatic rings. The molecule has 0 aromatic heterocycles. The van der Waals surface area contributed by atoms with E-state index in [-0.39, 0.29) is 12.3 Å². The lowest BCUT2D eigenvalue weighted by atomic mass is 10.0. The summed E-state index contributed by atoms with van der Waals surface area (Å²) in [4.78, 5) is 14.1. The predicted octanol–water partition coefficient (Wildman–Crippen LogP) is 2.98. The normalized spacial score (nSPS) is 12.6. The minimum absolute atomic E-state index is 0.0000959. The number of hydrogen-bond donors (Lipinski definition) is 1. The maximum absolute atomic E-state index is 12.5. The number of nitrogens with zero attached hydrogens (tertiary/aromatic N) is 1. The standard InChI is InChI=1S/C17H19ClN2O3S/c1-20(15-6-4-3-5-7-15)17(21)12-16(19-24(2,22)23)13-8-10-14(18)11-9-13/h3-11,16,19H,12H2,1-2H3. The molecule has 0 aliphatic rings. The lowest BCUT2D eigenvalue weighted by molar-refractivity contribution is -0.118. The Morgan fingerprint density at radius 2 is 1.71 bits per heavy atom. The van der Waals surface area contributed by atoms with Crippen LogP contribution in [0.2, 0.25) is 5.02 Å². The summed E-state index contributed by atoms with van der Waals surface area (Å²) in [5.41, 5.74) is 1.43. The minimum atomic E-state index is -3.47. The van der Waals surface area contributed by atoms with Crippen LogP contribution in [0.1, 0.15) is 18.0 Å². The molecule has 2 rings (SSSR count). The van der Waals surface area contributed by atoms with Crippen molar-refractivity contribution in [1.82, 2.24) is 4.72 Å². The molecule has 1 N–H and O–H groups in total. The van der Waals surface area contributed by atoms with Crippen molar-refractivity contribution in [2.75, 3.05) is 18.2 Å². The third-order valence-electron chi connectivity index (χ3n) is 3.53. The van der Waals surface area contributed by atoms with Crippen molar-refractivity contribution in [2.45, 2.75) is 12.5 Å². The number of amides is 1. The van der Waals surface area contributed by atoms with Crippen molar-refractivity contribution >= 4 is 33.2 Å². The highest BCUT2D eigenvalue weighted by Crippen LogP contribution is 2.22. The first kappa shape index (κ1) is 18.4. The predicted molar refractivity (Wildman–Crippen MR) is 96.6 cm³/mol. The quantitative estimate of drug-likeness (QED) is 0.854. The van der Waals surface area contributed by atoms with Crippen molar-refractivity contribution in [3.05, 3.63) is 65.2 Å². The molecule has 0 saturated heterocycles. The largest absolute Gasteiger partial charge is 0.315 e. The first-order valence-corrected chi connectivity index (χ1v) is 9.57. The van der Waals surface area contributed by atoms with Crippen LogP contribution >= 0.6 is 11.6 Å². The van der Waals surface area contributed by atoms with Crippen LogP contribution in [-0.2, 0) is 14.8 Å². The monoisotopic (exact) mass is 366 g/mol. The van der Waals surface area contributed by atoms with Gasteiger partial charge >= 0.3 is 0 Å². The van der Waals surface area contributed by atoms with Gasteiger partial charge in [0.2, 0.25) is 15.9 Å². The Labute approximate surface area is 147 Å². The number of hydrogen-bond acceptors (Lipinski definition) is 3. The van der Waals surface area contributed by atoms with E-state index in [1.54, 1.807) is 31.3 Å². The van der Waals surface area contributed by atoms with Crippen LogP contribution in [0.5, 0.6) is 0 Å². The minimum Gasteiger partial charge on any atom is -0.315 e. The van der Waals surface area contributed by atoms with E-state index in [0.717, 1.165) is 11.9 Å². The number of nitrogens with one attached hydrogen (secondary N) is 1. The summed E-state index contributed by atoms with van der Waals surface area (Å²) in [6.45, 7) is 0. The molecular weight excluding hydrogens is 348 g/mol. The van der Waals surface area contributed by atoms with Gasteiger partial charge in [-0.1, -0.05) is 41.9 Å². The van der Waals surface area contributed by atoms with Crippen LogP contribution in [0.15, 0.2) is 54.6 Å². The lowest BCUT2D eigenvalue weighted by Gasteiger charge is -2.22. The summed E-state index contributed by atoms with van der Waals surface area (Å²) in [7, 11) is -1.81. The summed E-state index contributed by atoms with van der Waals surface area (Å²) < 4.78 is 25.8. The molecule has 0 aliphatic carbocycles. The summed E-state index contributed by atoms with van der Waals surface area (Å²) >= 11 is 5.87. The number of sulfonamides is 1. The molecule has 0 saturated carbocycles. The third-order valence-corrected chi connectivity index (χ3v) is 4.49. The first-order chi connectivity index (χ1) is 11.3. The molecule has 24 heavy (non-hydrogen) atoms. The Hall–Kier alpha value is -1.89. The molecule has 1 amide bonds. The van der Waals surface area contributed by atoms with E-state index in [1.807, 2.05) is 30.3 Å². The van der Waals surface area contributed by atoms with Gasteiger partial charge in [0.15, 0.2) is 0 Å². The zero-order chi connectivity index (χ0) is 17.7. The fourth-order valence-electron chi connectivity index (χ4n) is 2.29. The number of carbonyl (C=O) groups excluding carboxylic acids is 1. The van der Waals surface area contributed by atoms with Crippen LogP contribution in [-0.4, -0.2) is 27.6 Å². The Bertz CT molecular complexity index is 792. The number of carbonyl (C=O) groups is 1. The van der Waals surface area contributed by atoms with E-state index < -0.39 is 16.1 Å². The smallest absolute Gasteiger partial charge is 0.228 e. The summed E-state index contributed by atoms with van der Waals surface area (Å²) in [5, 5.41) is 0.546. The van der Waals surface area contributed by atoms with E-state index in [4.69, 9.17) is 11.6 Å². The molecule has 0 bridgehead atoms. The molecule has 0 radical (unpaired) electrons. The molecule has 1 unspecified atom stereocenters. The molecule has 2 aromatic carbocycles. The second kappa shape index (κ2) is 7.79. The fourth-order valence-corrected chi connectivity index (χ4v) is 3.15. The maximum atomic E-state index is 12.5. The van der Waals surface area contributed by atoms with Crippen LogP contribution < -0.4 is 9.62 Å². The van der Waals surface area contributed by atoms with Crippen molar-refractivity contribution in [1.29, 1.82) is 0 Å². The van der Waals surface area contributed by atoms with Crippen molar-refractivity contribution < 1.29 is 13.2 Å². The number of halogens is 1. The van der Waals surface area contributed by atoms with Gasteiger partial charge in [-0.2, -0.15) is 0 Å². The summed E-state index contributed by atoms with van der Waals surface area (Å²) in [6.07, 6.45) is 1.07. The van der Waals surface area contributed by atoms with Crippen LogP contribution in [0.25, 0.3) is 0 Å². The van der Waals surface area contributed by atoms with Crippen LogP contribution in [0.3, 0.4) is 0 Å². The van der Waals surface area contributed by atoms with Gasteiger partial charge in [-0.15, -0.1) is 0 Å². The van der Waals surface area contributed by atoms with Crippen molar-refractivity contribution in [3.63, 3.8) is 0 Å². The zero-order valence-corrected chi connectivity index (χ0v) is 15.0. The lowest BCUT2D eigenvalue weighted by Crippen LogP contribution is -2.34. The average Bonchev–Trinajstić information content (AvgIpc) is 2.53. The molecule has 0 spiro atoms. The van der Waals surface area contributed by atoms with E-state index in [1.165, 1.54) is 4.90 Å². The SMILES string of the molecule is CN(C(=O)CC(NS(C)(=O)=O)c1ccc(Cl)cc1)c1ccccc1. The van der Waals surface area contributed by atoms with Crippen molar-refractivity contribution in [2.24, 2.45) is 0 Å². The highest BCUT2D eigenvalue weighted by molar-refractivity contribution is 7.88. The fraction of sp³-hybridized carbons (Fsp3) is 0.235. The van der Waals surface area contributed by atoms with Gasteiger partial charge in [0.25, 0.3) is 0 Å². The van der Waals surface area contributed by atoms with E-state index >= 15 is 0 Å². The molecule has 0 fully saturated rings. The van der Waals surface area contributed by atoms with Crippen LogP contribution in [0, 0.1) is 0 Å². The highest BCUT2D eigenvalue weighted by Gasteiger charge is 2.22. The Balaban J connectivity index is 2.21. The molecule has 128 valence electrons.